The van der Waals surface area contributed by atoms with E-state index >= 15 is 0 Å². The zero-order chi connectivity index (χ0) is 17.9. The quantitative estimate of drug-likeness (QED) is 0.790. The van der Waals surface area contributed by atoms with Crippen LogP contribution in [0.25, 0.3) is 0 Å². The first-order valence-corrected chi connectivity index (χ1v) is 8.76. The lowest BCUT2D eigenvalue weighted by Gasteiger charge is -2.15. The fourth-order valence-corrected chi connectivity index (χ4v) is 3.27. The van der Waals surface area contributed by atoms with Gasteiger partial charge in [-0.2, -0.15) is 4.72 Å². The Bertz CT molecular complexity index is 874. The second-order valence-corrected chi connectivity index (χ2v) is 7.13. The van der Waals surface area contributed by atoms with Crippen molar-refractivity contribution in [2.45, 2.75) is 24.8 Å². The number of carbonyl (C=O) groups is 1. The first-order chi connectivity index (χ1) is 11.2. The highest BCUT2D eigenvalue weighted by Crippen LogP contribution is 2.17. The van der Waals surface area contributed by atoms with Crippen molar-refractivity contribution in [1.29, 1.82) is 0 Å². The summed E-state index contributed by atoms with van der Waals surface area (Å²) in [4.78, 5) is 15.5. The molecule has 128 valence electrons. The summed E-state index contributed by atoms with van der Waals surface area (Å²) in [5.74, 6) is -1.51. The van der Waals surface area contributed by atoms with Crippen LogP contribution in [-0.2, 0) is 14.8 Å². The number of pyridine rings is 1. The summed E-state index contributed by atoms with van der Waals surface area (Å²) >= 11 is 5.80. The summed E-state index contributed by atoms with van der Waals surface area (Å²) in [6.07, 6.45) is 1.35. The Hall–Kier alpha value is -2.03. The maximum Gasteiger partial charge on any atom is 0.244 e. The van der Waals surface area contributed by atoms with E-state index in [0.717, 1.165) is 12.1 Å². The van der Waals surface area contributed by atoms with Crippen LogP contribution in [0.3, 0.4) is 0 Å². The molecule has 1 aromatic heterocycles. The van der Waals surface area contributed by atoms with Crippen LogP contribution < -0.4 is 10.0 Å². The predicted molar refractivity (Wildman–Crippen MR) is 88.8 cm³/mol. The normalized spacial score (nSPS) is 12.7. The topological polar surface area (TPSA) is 88.2 Å². The number of amides is 1. The molecule has 2 N–H and O–H groups in total. The number of hydrogen-bond donors (Lipinski definition) is 2. The largest absolute Gasteiger partial charge is 0.323 e. The van der Waals surface area contributed by atoms with Crippen molar-refractivity contribution in [1.82, 2.24) is 9.71 Å². The van der Waals surface area contributed by atoms with Gasteiger partial charge in [-0.05, 0) is 37.6 Å². The molecule has 9 heteroatoms. The molecule has 0 aliphatic heterocycles. The van der Waals surface area contributed by atoms with Gasteiger partial charge < -0.3 is 5.32 Å². The molecule has 2 rings (SSSR count). The van der Waals surface area contributed by atoms with E-state index in [1.807, 2.05) is 0 Å². The molecule has 0 aliphatic carbocycles. The van der Waals surface area contributed by atoms with Crippen molar-refractivity contribution in [3.8, 4) is 0 Å². The first-order valence-electron chi connectivity index (χ1n) is 6.90. The second kappa shape index (κ2) is 7.25. The molecule has 0 unspecified atom stereocenters. The predicted octanol–water partition coefficient (Wildman–Crippen LogP) is 2.49. The van der Waals surface area contributed by atoms with Crippen LogP contribution in [0, 0.1) is 12.7 Å². The highest BCUT2D eigenvalue weighted by atomic mass is 35.5. The van der Waals surface area contributed by atoms with Crippen molar-refractivity contribution < 1.29 is 17.6 Å². The highest BCUT2D eigenvalue weighted by molar-refractivity contribution is 7.89. The standard InChI is InChI=1S/C15H15ClFN3O3S/c1-9-7-11(8-18-14(9)16)19-15(21)10(2)20-24(22,23)13-6-4-3-5-12(13)17/h3-8,10,20H,1-2H3,(H,19,21)/t10-/m0/s1. The third-order valence-electron chi connectivity index (χ3n) is 3.13. The van der Waals surface area contributed by atoms with E-state index in [1.54, 1.807) is 13.0 Å². The molecule has 0 spiro atoms. The maximum atomic E-state index is 13.6. The molecule has 1 aromatic carbocycles. The molecule has 0 saturated carbocycles. The summed E-state index contributed by atoms with van der Waals surface area (Å²) in [6, 6.07) is 5.40. The molecule has 24 heavy (non-hydrogen) atoms. The third kappa shape index (κ3) is 4.28. The van der Waals surface area contributed by atoms with Gasteiger partial charge in [0.2, 0.25) is 15.9 Å². The van der Waals surface area contributed by atoms with E-state index in [2.05, 4.69) is 15.0 Å². The van der Waals surface area contributed by atoms with E-state index in [9.17, 15) is 17.6 Å². The van der Waals surface area contributed by atoms with E-state index in [0.29, 0.717) is 16.4 Å². The number of anilines is 1. The van der Waals surface area contributed by atoms with Crippen LogP contribution in [-0.4, -0.2) is 25.4 Å². The smallest absolute Gasteiger partial charge is 0.244 e. The Balaban J connectivity index is 2.11. The van der Waals surface area contributed by atoms with Gasteiger partial charge in [-0.25, -0.2) is 17.8 Å². The molecule has 1 heterocycles. The van der Waals surface area contributed by atoms with Crippen LogP contribution in [0.5, 0.6) is 0 Å². The third-order valence-corrected chi connectivity index (χ3v) is 5.10. The minimum Gasteiger partial charge on any atom is -0.323 e. The summed E-state index contributed by atoms with van der Waals surface area (Å²) in [7, 11) is -4.16. The minimum absolute atomic E-state index is 0.307. The van der Waals surface area contributed by atoms with Gasteiger partial charge in [0.05, 0.1) is 17.9 Å². The number of rotatable bonds is 5. The molecule has 1 amide bonds. The molecule has 2 aromatic rings. The van der Waals surface area contributed by atoms with Gasteiger partial charge in [0.25, 0.3) is 0 Å². The molecule has 0 aliphatic rings. The van der Waals surface area contributed by atoms with Crippen LogP contribution in [0.2, 0.25) is 5.15 Å². The van der Waals surface area contributed by atoms with Crippen molar-refractivity contribution >= 4 is 33.2 Å². The van der Waals surface area contributed by atoms with E-state index < -0.39 is 32.7 Å². The number of halogens is 2. The Morgan fingerprint density at radius 3 is 2.62 bits per heavy atom. The van der Waals surface area contributed by atoms with Crippen molar-refractivity contribution in [2.75, 3.05) is 5.32 Å². The summed E-state index contributed by atoms with van der Waals surface area (Å²) in [6.45, 7) is 3.07. The van der Waals surface area contributed by atoms with Crippen LogP contribution in [0.4, 0.5) is 10.1 Å². The summed E-state index contributed by atoms with van der Waals surface area (Å²) in [5.41, 5.74) is 1.04. The van der Waals surface area contributed by atoms with Gasteiger partial charge >= 0.3 is 0 Å². The average Bonchev–Trinajstić information content (AvgIpc) is 2.50. The number of aryl methyl sites for hydroxylation is 1. The average molecular weight is 372 g/mol. The zero-order valence-electron chi connectivity index (χ0n) is 12.9. The minimum atomic E-state index is -4.16. The van der Waals surface area contributed by atoms with Gasteiger partial charge in [0.1, 0.15) is 15.9 Å². The Kier molecular flexibility index (Phi) is 5.53. The number of nitrogens with zero attached hydrogens (tertiary/aromatic N) is 1. The van der Waals surface area contributed by atoms with Crippen LogP contribution in [0.15, 0.2) is 41.4 Å². The molecule has 0 radical (unpaired) electrons. The zero-order valence-corrected chi connectivity index (χ0v) is 14.5. The highest BCUT2D eigenvalue weighted by Gasteiger charge is 2.24. The number of benzene rings is 1. The van der Waals surface area contributed by atoms with E-state index in [1.165, 1.54) is 25.3 Å². The fourth-order valence-electron chi connectivity index (χ4n) is 1.89. The Labute approximate surface area is 144 Å². The van der Waals surface area contributed by atoms with Gasteiger partial charge in [0, 0.05) is 0 Å². The molecule has 0 saturated heterocycles. The Morgan fingerprint density at radius 1 is 1.33 bits per heavy atom. The van der Waals surface area contributed by atoms with Crippen LogP contribution >= 0.6 is 11.6 Å². The monoisotopic (exact) mass is 371 g/mol. The lowest BCUT2D eigenvalue weighted by atomic mass is 10.2. The van der Waals surface area contributed by atoms with Gasteiger partial charge in [-0.15, -0.1) is 0 Å². The van der Waals surface area contributed by atoms with E-state index in [4.69, 9.17) is 11.6 Å². The lowest BCUT2D eigenvalue weighted by molar-refractivity contribution is -0.117. The molecule has 6 nitrogen and oxygen atoms in total. The maximum absolute atomic E-state index is 13.6. The second-order valence-electron chi connectivity index (χ2n) is 5.09. The van der Waals surface area contributed by atoms with Crippen molar-refractivity contribution in [2.24, 2.45) is 0 Å². The van der Waals surface area contributed by atoms with E-state index in [-0.39, 0.29) is 0 Å². The van der Waals surface area contributed by atoms with Gasteiger partial charge in [0.15, 0.2) is 0 Å². The number of sulfonamides is 1. The molecule has 0 fully saturated rings. The Morgan fingerprint density at radius 2 is 2.00 bits per heavy atom. The number of hydrogen-bond acceptors (Lipinski definition) is 4. The van der Waals surface area contributed by atoms with Gasteiger partial charge in [-0.3, -0.25) is 4.79 Å². The summed E-state index contributed by atoms with van der Waals surface area (Å²) < 4.78 is 40.1. The molecule has 0 bridgehead atoms. The lowest BCUT2D eigenvalue weighted by Crippen LogP contribution is -2.41. The number of carbonyl (C=O) groups excluding carboxylic acids is 1. The molecule has 1 atom stereocenters. The van der Waals surface area contributed by atoms with Crippen LogP contribution in [0.1, 0.15) is 12.5 Å². The fraction of sp³-hybridized carbons (Fsp3) is 0.200. The number of aromatic nitrogens is 1. The molecular weight excluding hydrogens is 357 g/mol. The van der Waals surface area contributed by atoms with Gasteiger partial charge in [-0.1, -0.05) is 23.7 Å². The number of nitrogens with one attached hydrogen (secondary N) is 2. The summed E-state index contributed by atoms with van der Waals surface area (Å²) in [5, 5.41) is 2.82. The SMILES string of the molecule is Cc1cc(NC(=O)[C@H](C)NS(=O)(=O)c2ccccc2F)cnc1Cl. The van der Waals surface area contributed by atoms with Crippen molar-refractivity contribution in [3.05, 3.63) is 53.1 Å². The van der Waals surface area contributed by atoms with Crippen molar-refractivity contribution in [3.63, 3.8) is 0 Å². The first kappa shape index (κ1) is 18.3. The molecular formula is C15H15ClFN3O3S.